The lowest BCUT2D eigenvalue weighted by molar-refractivity contribution is 0.00465. The molecular formula is C16H26ClNO3. The van der Waals surface area contributed by atoms with Gasteiger partial charge < -0.3 is 14.6 Å². The number of morpholine rings is 1. The summed E-state index contributed by atoms with van der Waals surface area (Å²) >= 11 is 0. The normalized spacial score (nSPS) is 17.0. The number of hydrogen-bond acceptors (Lipinski definition) is 4. The Hall–Kier alpha value is -0.810. The van der Waals surface area contributed by atoms with Gasteiger partial charge in [-0.3, -0.25) is 4.90 Å². The van der Waals surface area contributed by atoms with E-state index in [1.54, 1.807) is 0 Å². The van der Waals surface area contributed by atoms with Gasteiger partial charge in [-0.05, 0) is 24.1 Å². The molecule has 1 unspecified atom stereocenters. The lowest BCUT2D eigenvalue weighted by atomic mass is 10.1. The molecule has 1 heterocycles. The first-order valence-electron chi connectivity index (χ1n) is 7.48. The number of halogens is 1. The molecule has 1 aliphatic rings. The van der Waals surface area contributed by atoms with E-state index in [0.717, 1.165) is 44.9 Å². The Morgan fingerprint density at radius 2 is 1.90 bits per heavy atom. The van der Waals surface area contributed by atoms with Crippen LogP contribution < -0.4 is 4.74 Å². The summed E-state index contributed by atoms with van der Waals surface area (Å²) in [4.78, 5) is 2.21. The quantitative estimate of drug-likeness (QED) is 0.837. The smallest absolute Gasteiger partial charge is 0.119 e. The van der Waals surface area contributed by atoms with Gasteiger partial charge in [0.1, 0.15) is 18.5 Å². The number of rotatable bonds is 7. The highest BCUT2D eigenvalue weighted by Crippen LogP contribution is 2.13. The molecule has 0 bridgehead atoms. The van der Waals surface area contributed by atoms with Crippen molar-refractivity contribution >= 4 is 12.4 Å². The van der Waals surface area contributed by atoms with Crippen LogP contribution in [0.2, 0.25) is 0 Å². The van der Waals surface area contributed by atoms with Crippen LogP contribution in [-0.4, -0.2) is 55.6 Å². The average Bonchev–Trinajstić information content (AvgIpc) is 2.48. The number of hydrogen-bond donors (Lipinski definition) is 1. The first kappa shape index (κ1) is 18.2. The summed E-state index contributed by atoms with van der Waals surface area (Å²) in [5.41, 5.74) is 1.33. The van der Waals surface area contributed by atoms with Gasteiger partial charge in [0.15, 0.2) is 0 Å². The molecule has 1 saturated heterocycles. The Morgan fingerprint density at radius 3 is 2.52 bits per heavy atom. The van der Waals surface area contributed by atoms with E-state index in [-0.39, 0.29) is 12.4 Å². The average molecular weight is 316 g/mol. The molecule has 0 aliphatic carbocycles. The van der Waals surface area contributed by atoms with Crippen molar-refractivity contribution in [1.82, 2.24) is 4.90 Å². The Kier molecular flexibility index (Phi) is 8.69. The van der Waals surface area contributed by atoms with E-state index in [0.29, 0.717) is 13.2 Å². The van der Waals surface area contributed by atoms with Crippen molar-refractivity contribution in [3.8, 4) is 5.75 Å². The van der Waals surface area contributed by atoms with E-state index in [2.05, 4.69) is 24.0 Å². The van der Waals surface area contributed by atoms with Gasteiger partial charge in [-0.2, -0.15) is 0 Å². The molecule has 120 valence electrons. The first-order chi connectivity index (χ1) is 9.78. The van der Waals surface area contributed by atoms with E-state index < -0.39 is 6.10 Å². The Bertz CT molecular complexity index is 380. The minimum absolute atomic E-state index is 0. The molecule has 0 saturated carbocycles. The maximum absolute atomic E-state index is 9.99. The first-order valence-corrected chi connectivity index (χ1v) is 7.48. The molecule has 5 heteroatoms. The van der Waals surface area contributed by atoms with Crippen LogP contribution >= 0.6 is 12.4 Å². The summed E-state index contributed by atoms with van der Waals surface area (Å²) in [6, 6.07) is 8.14. The number of aliphatic hydroxyl groups excluding tert-OH is 1. The summed E-state index contributed by atoms with van der Waals surface area (Å²) in [5, 5.41) is 9.99. The topological polar surface area (TPSA) is 41.9 Å². The molecule has 1 N–H and O–H groups in total. The zero-order chi connectivity index (χ0) is 14.2. The molecule has 0 amide bonds. The number of aryl methyl sites for hydroxylation is 1. The third kappa shape index (κ3) is 6.66. The molecule has 0 aromatic heterocycles. The zero-order valence-corrected chi connectivity index (χ0v) is 13.5. The molecule has 1 aliphatic heterocycles. The van der Waals surface area contributed by atoms with Gasteiger partial charge in [0.2, 0.25) is 0 Å². The molecule has 1 atom stereocenters. The Labute approximate surface area is 133 Å². The fourth-order valence-corrected chi connectivity index (χ4v) is 2.37. The van der Waals surface area contributed by atoms with Crippen LogP contribution in [0, 0.1) is 0 Å². The molecule has 0 spiro atoms. The number of β-amino-alcohol motifs (C(OH)–C–C–N with tert-alkyl or cyclic N) is 1. The van der Waals surface area contributed by atoms with Gasteiger partial charge in [0.05, 0.1) is 13.2 Å². The molecular weight excluding hydrogens is 290 g/mol. The monoisotopic (exact) mass is 315 g/mol. The van der Waals surface area contributed by atoms with Gasteiger partial charge in [0.25, 0.3) is 0 Å². The predicted octanol–water partition coefficient (Wildman–Crippen LogP) is 2.13. The summed E-state index contributed by atoms with van der Waals surface area (Å²) in [6.45, 7) is 6.46. The van der Waals surface area contributed by atoms with Crippen molar-refractivity contribution in [2.24, 2.45) is 0 Å². The van der Waals surface area contributed by atoms with Crippen LogP contribution in [0.4, 0.5) is 0 Å². The lowest BCUT2D eigenvalue weighted by Crippen LogP contribution is -2.42. The molecule has 0 radical (unpaired) electrons. The maximum atomic E-state index is 9.99. The van der Waals surface area contributed by atoms with Crippen LogP contribution in [-0.2, 0) is 11.2 Å². The van der Waals surface area contributed by atoms with Gasteiger partial charge >= 0.3 is 0 Å². The number of ether oxygens (including phenoxy) is 2. The van der Waals surface area contributed by atoms with Crippen molar-refractivity contribution in [2.75, 3.05) is 39.5 Å². The second kappa shape index (κ2) is 10.0. The van der Waals surface area contributed by atoms with Crippen LogP contribution in [0.1, 0.15) is 18.9 Å². The van der Waals surface area contributed by atoms with E-state index in [9.17, 15) is 5.11 Å². The fraction of sp³-hybridized carbons (Fsp3) is 0.625. The second-order valence-corrected chi connectivity index (χ2v) is 5.27. The molecule has 21 heavy (non-hydrogen) atoms. The third-order valence-electron chi connectivity index (χ3n) is 3.48. The number of benzene rings is 1. The van der Waals surface area contributed by atoms with Crippen molar-refractivity contribution in [3.05, 3.63) is 29.8 Å². The highest BCUT2D eigenvalue weighted by molar-refractivity contribution is 5.85. The standard InChI is InChI=1S/C16H25NO3.ClH/c1-2-3-14-4-6-16(7-5-14)20-13-15(18)12-17-8-10-19-11-9-17;/h4-7,15,18H,2-3,8-13H2,1H3;1H. The molecule has 1 aromatic carbocycles. The van der Waals surface area contributed by atoms with Gasteiger partial charge in [-0.15, -0.1) is 12.4 Å². The second-order valence-electron chi connectivity index (χ2n) is 5.27. The minimum Gasteiger partial charge on any atom is -0.491 e. The summed E-state index contributed by atoms with van der Waals surface area (Å²) in [5.74, 6) is 0.825. The largest absolute Gasteiger partial charge is 0.491 e. The number of nitrogens with zero attached hydrogens (tertiary/aromatic N) is 1. The van der Waals surface area contributed by atoms with Gasteiger partial charge in [-0.25, -0.2) is 0 Å². The van der Waals surface area contributed by atoms with Crippen molar-refractivity contribution in [1.29, 1.82) is 0 Å². The molecule has 2 rings (SSSR count). The van der Waals surface area contributed by atoms with Crippen molar-refractivity contribution < 1.29 is 14.6 Å². The zero-order valence-electron chi connectivity index (χ0n) is 12.7. The Balaban J connectivity index is 0.00000220. The lowest BCUT2D eigenvalue weighted by Gasteiger charge is -2.28. The Morgan fingerprint density at radius 1 is 1.24 bits per heavy atom. The van der Waals surface area contributed by atoms with E-state index >= 15 is 0 Å². The summed E-state index contributed by atoms with van der Waals surface area (Å²) < 4.78 is 10.9. The van der Waals surface area contributed by atoms with Gasteiger partial charge in [0, 0.05) is 19.6 Å². The predicted molar refractivity (Wildman–Crippen MR) is 86.4 cm³/mol. The van der Waals surface area contributed by atoms with Gasteiger partial charge in [-0.1, -0.05) is 25.5 Å². The van der Waals surface area contributed by atoms with Crippen molar-refractivity contribution in [3.63, 3.8) is 0 Å². The summed E-state index contributed by atoms with van der Waals surface area (Å²) in [7, 11) is 0. The number of aliphatic hydroxyl groups is 1. The van der Waals surface area contributed by atoms with Crippen molar-refractivity contribution in [2.45, 2.75) is 25.9 Å². The highest BCUT2D eigenvalue weighted by atomic mass is 35.5. The third-order valence-corrected chi connectivity index (χ3v) is 3.48. The highest BCUT2D eigenvalue weighted by Gasteiger charge is 2.15. The summed E-state index contributed by atoms with van der Waals surface area (Å²) in [6.07, 6.45) is 1.79. The molecule has 1 aromatic rings. The van der Waals surface area contributed by atoms with Crippen LogP contribution in [0.3, 0.4) is 0 Å². The fourth-order valence-electron chi connectivity index (χ4n) is 2.37. The molecule has 1 fully saturated rings. The van der Waals surface area contributed by atoms with E-state index in [1.807, 2.05) is 12.1 Å². The molecule has 4 nitrogen and oxygen atoms in total. The SMILES string of the molecule is CCCc1ccc(OCC(O)CN2CCOCC2)cc1.Cl. The minimum atomic E-state index is -0.455. The van der Waals surface area contributed by atoms with E-state index in [1.165, 1.54) is 5.56 Å². The van der Waals surface area contributed by atoms with Crippen LogP contribution in [0.5, 0.6) is 5.75 Å². The van der Waals surface area contributed by atoms with Crippen LogP contribution in [0.15, 0.2) is 24.3 Å². The van der Waals surface area contributed by atoms with E-state index in [4.69, 9.17) is 9.47 Å². The maximum Gasteiger partial charge on any atom is 0.119 e. The van der Waals surface area contributed by atoms with Crippen LogP contribution in [0.25, 0.3) is 0 Å².